The number of hydrogen-bond donors (Lipinski definition) is 0. The van der Waals surface area contributed by atoms with Crippen LogP contribution in [0.15, 0.2) is 49.2 Å². The maximum Gasteiger partial charge on any atom is 0.227 e. The fourth-order valence-electron chi connectivity index (χ4n) is 4.50. The number of rotatable bonds is 5. The predicted molar refractivity (Wildman–Crippen MR) is 121 cm³/mol. The lowest BCUT2D eigenvalue weighted by atomic mass is 9.95. The lowest BCUT2D eigenvalue weighted by Crippen LogP contribution is -2.50. The molecule has 2 aromatic heterocycles. The normalized spacial score (nSPS) is 18.5. The predicted octanol–water partition coefficient (Wildman–Crippen LogP) is 2.21. The van der Waals surface area contributed by atoms with Gasteiger partial charge in [-0.05, 0) is 29.2 Å². The molecule has 2 aliphatic heterocycles. The summed E-state index contributed by atoms with van der Waals surface area (Å²) < 4.78 is 7.64. The fraction of sp³-hybridized carbons (Fsp3) is 0.375. The molecule has 2 aliphatic rings. The van der Waals surface area contributed by atoms with Gasteiger partial charge >= 0.3 is 0 Å². The monoisotopic (exact) mass is 443 g/mol. The Labute approximate surface area is 192 Å². The van der Waals surface area contributed by atoms with E-state index in [1.54, 1.807) is 17.2 Å². The Kier molecular flexibility index (Phi) is 6.11. The highest BCUT2D eigenvalue weighted by atomic mass is 16.5. The van der Waals surface area contributed by atoms with Gasteiger partial charge in [-0.3, -0.25) is 9.69 Å². The van der Waals surface area contributed by atoms with E-state index >= 15 is 0 Å². The van der Waals surface area contributed by atoms with Gasteiger partial charge in [-0.15, -0.1) is 0 Å². The van der Waals surface area contributed by atoms with Crippen LogP contribution in [-0.4, -0.2) is 74.8 Å². The van der Waals surface area contributed by atoms with Crippen LogP contribution in [0.4, 0.5) is 5.69 Å². The molecule has 0 spiro atoms. The molecule has 1 fully saturated rings. The molecular weight excluding hydrogens is 418 g/mol. The molecule has 0 bridgehead atoms. The van der Waals surface area contributed by atoms with E-state index in [4.69, 9.17) is 11.3 Å². The highest BCUT2D eigenvalue weighted by Crippen LogP contribution is 2.34. The third-order valence-corrected chi connectivity index (χ3v) is 6.29. The summed E-state index contributed by atoms with van der Waals surface area (Å²) in [6.45, 7) is 11.9. The maximum atomic E-state index is 12.8. The van der Waals surface area contributed by atoms with Crippen molar-refractivity contribution in [1.29, 1.82) is 0 Å². The van der Waals surface area contributed by atoms with Gasteiger partial charge in [-0.1, -0.05) is 24.3 Å². The molecule has 1 unspecified atom stereocenters. The van der Waals surface area contributed by atoms with Crippen molar-refractivity contribution < 1.29 is 9.53 Å². The summed E-state index contributed by atoms with van der Waals surface area (Å²) in [5, 5.41) is 4.06. The van der Waals surface area contributed by atoms with Crippen LogP contribution in [0.3, 0.4) is 0 Å². The molecule has 0 aliphatic carbocycles. The largest absolute Gasteiger partial charge is 0.372 e. The van der Waals surface area contributed by atoms with Crippen molar-refractivity contribution in [3.8, 4) is 5.82 Å². The molecule has 168 valence electrons. The second-order valence-corrected chi connectivity index (χ2v) is 8.29. The van der Waals surface area contributed by atoms with E-state index in [0.717, 1.165) is 48.4 Å². The van der Waals surface area contributed by atoms with Crippen LogP contribution in [0.2, 0.25) is 0 Å². The van der Waals surface area contributed by atoms with Crippen molar-refractivity contribution in [2.75, 3.05) is 39.3 Å². The lowest BCUT2D eigenvalue weighted by Gasteiger charge is -2.37. The van der Waals surface area contributed by atoms with E-state index in [-0.39, 0.29) is 12.0 Å². The first-order valence-electron chi connectivity index (χ1n) is 11.1. The number of amides is 1. The highest BCUT2D eigenvalue weighted by molar-refractivity contribution is 5.78. The first-order valence-corrected chi connectivity index (χ1v) is 11.1. The minimum atomic E-state index is -0.0210. The minimum Gasteiger partial charge on any atom is -0.372 e. The van der Waals surface area contributed by atoms with Crippen LogP contribution in [0, 0.1) is 6.57 Å². The summed E-state index contributed by atoms with van der Waals surface area (Å²) >= 11 is 0. The van der Waals surface area contributed by atoms with Crippen molar-refractivity contribution in [3.63, 3.8) is 0 Å². The number of fused-ring (bicyclic) bond motifs is 1. The van der Waals surface area contributed by atoms with Gasteiger partial charge in [0.1, 0.15) is 12.7 Å². The molecule has 1 amide bonds. The van der Waals surface area contributed by atoms with Crippen molar-refractivity contribution in [2.45, 2.75) is 18.9 Å². The third kappa shape index (κ3) is 4.62. The molecule has 33 heavy (non-hydrogen) atoms. The average Bonchev–Trinajstić information content (AvgIpc) is 3.40. The number of ether oxygens (including phenoxy) is 1. The van der Waals surface area contributed by atoms with Gasteiger partial charge in [0.05, 0.1) is 25.7 Å². The van der Waals surface area contributed by atoms with E-state index in [9.17, 15) is 4.79 Å². The molecule has 3 aromatic rings. The van der Waals surface area contributed by atoms with Crippen molar-refractivity contribution in [2.24, 2.45) is 0 Å². The number of nitrogens with zero attached hydrogens (tertiary/aromatic N) is 7. The summed E-state index contributed by atoms with van der Waals surface area (Å²) in [5.74, 6) is 0.790. The summed E-state index contributed by atoms with van der Waals surface area (Å²) in [5.41, 5.74) is 3.88. The summed E-state index contributed by atoms with van der Waals surface area (Å²) in [6, 6.07) is 9.66. The molecule has 0 N–H and O–H groups in total. The van der Waals surface area contributed by atoms with Crippen LogP contribution < -0.4 is 0 Å². The first kappa shape index (κ1) is 21.2. The lowest BCUT2D eigenvalue weighted by molar-refractivity contribution is -0.132. The first-order chi connectivity index (χ1) is 16.2. The Hall–Kier alpha value is -3.61. The molecule has 0 saturated carbocycles. The summed E-state index contributed by atoms with van der Waals surface area (Å²) in [7, 11) is 0. The molecule has 1 aromatic carbocycles. The number of hydrogen-bond acceptors (Lipinski definition) is 6. The van der Waals surface area contributed by atoms with Crippen LogP contribution in [0.25, 0.3) is 10.7 Å². The van der Waals surface area contributed by atoms with Gasteiger partial charge in [0.2, 0.25) is 5.91 Å². The molecular formula is C24H25N7O2. The second kappa shape index (κ2) is 9.48. The Morgan fingerprint density at radius 3 is 2.79 bits per heavy atom. The van der Waals surface area contributed by atoms with E-state index in [1.807, 2.05) is 29.2 Å². The van der Waals surface area contributed by atoms with E-state index < -0.39 is 0 Å². The SMILES string of the molecule is [C-]#[N+]c1cccc2c1CCOC2CN1CCN(C(=O)Cc2ccc(-n3cncn3)nc2)CC1. The number of aromatic nitrogens is 4. The zero-order valence-corrected chi connectivity index (χ0v) is 18.3. The van der Waals surface area contributed by atoms with E-state index in [2.05, 4.69) is 30.9 Å². The van der Waals surface area contributed by atoms with Gasteiger partial charge in [0.15, 0.2) is 11.5 Å². The molecule has 5 rings (SSSR count). The molecule has 1 saturated heterocycles. The maximum absolute atomic E-state index is 12.8. The molecule has 4 heterocycles. The van der Waals surface area contributed by atoms with Crippen LogP contribution >= 0.6 is 0 Å². The molecule has 9 heteroatoms. The Bertz CT molecular complexity index is 1150. The van der Waals surface area contributed by atoms with Gasteiger partial charge in [0.25, 0.3) is 0 Å². The van der Waals surface area contributed by atoms with Gasteiger partial charge in [-0.2, -0.15) is 5.10 Å². The molecule has 9 nitrogen and oxygen atoms in total. The van der Waals surface area contributed by atoms with Crippen molar-refractivity contribution >= 4 is 11.6 Å². The van der Waals surface area contributed by atoms with E-state index in [0.29, 0.717) is 31.9 Å². The summed E-state index contributed by atoms with van der Waals surface area (Å²) in [6.07, 6.45) is 5.88. The Morgan fingerprint density at radius 1 is 1.18 bits per heavy atom. The van der Waals surface area contributed by atoms with Gasteiger partial charge < -0.3 is 9.64 Å². The number of benzene rings is 1. The number of carbonyl (C=O) groups excluding carboxylic acids is 1. The highest BCUT2D eigenvalue weighted by Gasteiger charge is 2.27. The smallest absolute Gasteiger partial charge is 0.227 e. The van der Waals surface area contributed by atoms with Crippen LogP contribution in [0.1, 0.15) is 22.8 Å². The zero-order chi connectivity index (χ0) is 22.6. The number of pyridine rings is 1. The van der Waals surface area contributed by atoms with Crippen molar-refractivity contribution in [1.82, 2.24) is 29.5 Å². The molecule has 1 atom stereocenters. The summed E-state index contributed by atoms with van der Waals surface area (Å²) in [4.78, 5) is 29.1. The number of carbonyl (C=O) groups is 1. The molecule has 0 radical (unpaired) electrons. The standard InChI is InChI=1S/C24H25N7O2/c1-25-21-4-2-3-20-19(21)7-12-33-22(20)15-29-8-10-30(11-9-29)24(32)13-18-5-6-23(27-14-18)31-17-26-16-28-31/h2-6,14,16-17,22H,7-13,15H2. The van der Waals surface area contributed by atoms with Crippen molar-refractivity contribution in [3.05, 3.63) is 77.3 Å². The third-order valence-electron chi connectivity index (χ3n) is 6.29. The Morgan fingerprint density at radius 2 is 2.06 bits per heavy atom. The quantitative estimate of drug-likeness (QED) is 0.563. The minimum absolute atomic E-state index is 0.0210. The van der Waals surface area contributed by atoms with Crippen LogP contribution in [0.5, 0.6) is 0 Å². The van der Waals surface area contributed by atoms with Crippen LogP contribution in [-0.2, 0) is 22.4 Å². The second-order valence-electron chi connectivity index (χ2n) is 8.29. The number of piperazine rings is 1. The Balaban J connectivity index is 1.14. The zero-order valence-electron chi connectivity index (χ0n) is 18.3. The van der Waals surface area contributed by atoms with Gasteiger partial charge in [0, 0.05) is 38.9 Å². The fourth-order valence-corrected chi connectivity index (χ4v) is 4.50. The van der Waals surface area contributed by atoms with Gasteiger partial charge in [-0.25, -0.2) is 19.5 Å². The topological polar surface area (TPSA) is 80.7 Å². The van der Waals surface area contributed by atoms with E-state index in [1.165, 1.54) is 6.33 Å². The average molecular weight is 444 g/mol.